The minimum atomic E-state index is -1.62. The Morgan fingerprint density at radius 1 is 0.448 bits per heavy atom. The second-order valence-electron chi connectivity index (χ2n) is 25.3. The number of esters is 1. The van der Waals surface area contributed by atoms with Gasteiger partial charge in [-0.1, -0.05) is 306 Å². The summed E-state index contributed by atoms with van der Waals surface area (Å²) in [6.45, 7) is 5.78. The molecular weight excluding hydrogens is 1090 g/mol. The fraction of sp³-hybridized carbons (Fsp3) is 0.816. The van der Waals surface area contributed by atoms with Crippen LogP contribution >= 0.6 is 0 Å². The molecule has 506 valence electrons. The maximum absolute atomic E-state index is 13.5. The monoisotopic (exact) mass is 1220 g/mol. The van der Waals surface area contributed by atoms with Gasteiger partial charge < -0.3 is 45.1 Å². The van der Waals surface area contributed by atoms with Crippen LogP contribution in [0.2, 0.25) is 0 Å². The lowest BCUT2D eigenvalue weighted by Gasteiger charge is -2.41. The third-order valence-electron chi connectivity index (χ3n) is 17.1. The van der Waals surface area contributed by atoms with Crippen molar-refractivity contribution in [3.8, 4) is 0 Å². The van der Waals surface area contributed by atoms with Crippen molar-refractivity contribution in [3.05, 3.63) is 72.9 Å². The van der Waals surface area contributed by atoms with Gasteiger partial charge in [-0.3, -0.25) is 9.59 Å². The number of rotatable bonds is 63. The zero-order chi connectivity index (χ0) is 63.1. The molecule has 0 saturated carbocycles. The highest BCUT2D eigenvalue weighted by Crippen LogP contribution is 2.26. The Morgan fingerprint density at radius 2 is 0.793 bits per heavy atom. The first-order valence-electron chi connectivity index (χ1n) is 36.7. The van der Waals surface area contributed by atoms with E-state index in [0.29, 0.717) is 12.8 Å². The SMILES string of the molecule is CCCCC/C=C\C/C=C\C/C=C\CCCCCCCCCCCCCCC(=O)OC1C(OCC(NC(=O)C(O)CCCCCCCCCCCC/C=C\C/C=C\CCCCC)C(O)/C=C/CCCCCCCCCCCCC)OC(CO)C(O)C1O. The van der Waals surface area contributed by atoms with Crippen molar-refractivity contribution < 1.29 is 49.3 Å². The molecule has 11 nitrogen and oxygen atoms in total. The molecule has 0 aliphatic carbocycles. The van der Waals surface area contributed by atoms with Gasteiger partial charge in [-0.05, 0) is 96.3 Å². The van der Waals surface area contributed by atoms with Gasteiger partial charge in [0.2, 0.25) is 5.91 Å². The fourth-order valence-electron chi connectivity index (χ4n) is 11.3. The number of aliphatic hydroxyl groups excluding tert-OH is 5. The van der Waals surface area contributed by atoms with Crippen LogP contribution < -0.4 is 5.32 Å². The molecule has 0 aromatic heterocycles. The topological polar surface area (TPSA) is 175 Å². The number of hydrogen-bond donors (Lipinski definition) is 6. The Bertz CT molecular complexity index is 1690. The number of nitrogens with one attached hydrogen (secondary N) is 1. The molecule has 0 aromatic rings. The van der Waals surface area contributed by atoms with Crippen LogP contribution in [0, 0.1) is 0 Å². The average Bonchev–Trinajstić information content (AvgIpc) is 2.32. The van der Waals surface area contributed by atoms with Crippen LogP contribution in [-0.2, 0) is 23.8 Å². The first-order valence-corrected chi connectivity index (χ1v) is 36.7. The van der Waals surface area contributed by atoms with Gasteiger partial charge in [0.1, 0.15) is 24.4 Å². The molecule has 0 spiro atoms. The Kier molecular flexibility index (Phi) is 59.7. The van der Waals surface area contributed by atoms with Crippen molar-refractivity contribution in [3.63, 3.8) is 0 Å². The van der Waals surface area contributed by atoms with Gasteiger partial charge in [-0.2, -0.15) is 0 Å². The van der Waals surface area contributed by atoms with Crippen LogP contribution in [0.5, 0.6) is 0 Å². The lowest BCUT2D eigenvalue weighted by Crippen LogP contribution is -2.61. The number of aliphatic hydroxyl groups is 5. The third kappa shape index (κ3) is 50.4. The van der Waals surface area contributed by atoms with Gasteiger partial charge >= 0.3 is 5.97 Å². The quantitative estimate of drug-likeness (QED) is 0.0195. The van der Waals surface area contributed by atoms with Crippen LogP contribution in [0.25, 0.3) is 0 Å². The Morgan fingerprint density at radius 3 is 1.21 bits per heavy atom. The van der Waals surface area contributed by atoms with Crippen LogP contribution in [0.1, 0.15) is 335 Å². The van der Waals surface area contributed by atoms with Gasteiger partial charge in [0, 0.05) is 6.42 Å². The Balaban J connectivity index is 2.57. The molecule has 1 amide bonds. The number of carbonyl (C=O) groups is 2. The van der Waals surface area contributed by atoms with E-state index in [0.717, 1.165) is 83.5 Å². The summed E-state index contributed by atoms with van der Waals surface area (Å²) in [5, 5.41) is 57.3. The summed E-state index contributed by atoms with van der Waals surface area (Å²) in [6.07, 6.45) is 72.2. The number of allylic oxidation sites excluding steroid dienone is 11. The summed E-state index contributed by atoms with van der Waals surface area (Å²) in [5.74, 6) is -1.19. The second-order valence-corrected chi connectivity index (χ2v) is 25.3. The molecule has 0 radical (unpaired) electrons. The molecule has 8 atom stereocenters. The van der Waals surface area contributed by atoms with Gasteiger partial charge in [0.05, 0.1) is 25.4 Å². The van der Waals surface area contributed by atoms with E-state index in [1.54, 1.807) is 6.08 Å². The van der Waals surface area contributed by atoms with E-state index in [1.165, 1.54) is 205 Å². The van der Waals surface area contributed by atoms with Crippen LogP contribution in [-0.4, -0.2) is 99.6 Å². The molecule has 1 aliphatic heterocycles. The Labute approximate surface area is 534 Å². The predicted molar refractivity (Wildman–Crippen MR) is 366 cm³/mol. The summed E-state index contributed by atoms with van der Waals surface area (Å²) in [7, 11) is 0. The molecule has 87 heavy (non-hydrogen) atoms. The molecule has 0 bridgehead atoms. The summed E-state index contributed by atoms with van der Waals surface area (Å²) >= 11 is 0. The van der Waals surface area contributed by atoms with E-state index in [4.69, 9.17) is 14.2 Å². The summed E-state index contributed by atoms with van der Waals surface area (Å²) in [6, 6.07) is -1.03. The number of carbonyl (C=O) groups excluding carboxylic acids is 2. The smallest absolute Gasteiger partial charge is 0.306 e. The number of ether oxygens (including phenoxy) is 3. The molecule has 0 aromatic carbocycles. The summed E-state index contributed by atoms with van der Waals surface area (Å²) in [5.41, 5.74) is 0. The maximum atomic E-state index is 13.5. The van der Waals surface area contributed by atoms with E-state index < -0.39 is 67.4 Å². The lowest BCUT2D eigenvalue weighted by molar-refractivity contribution is -0.305. The fourth-order valence-corrected chi connectivity index (χ4v) is 11.3. The molecule has 8 unspecified atom stereocenters. The van der Waals surface area contributed by atoms with Gasteiger partial charge in [0.25, 0.3) is 0 Å². The van der Waals surface area contributed by atoms with Crippen LogP contribution in [0.15, 0.2) is 72.9 Å². The highest BCUT2D eigenvalue weighted by Gasteiger charge is 2.47. The minimum absolute atomic E-state index is 0.120. The van der Waals surface area contributed by atoms with Crippen LogP contribution in [0.3, 0.4) is 0 Å². The molecule has 1 heterocycles. The zero-order valence-electron chi connectivity index (χ0n) is 56.4. The molecule has 11 heteroatoms. The lowest BCUT2D eigenvalue weighted by atomic mass is 9.99. The molecule has 1 fully saturated rings. The first-order chi connectivity index (χ1) is 42.7. The molecule has 1 rings (SSSR count). The largest absolute Gasteiger partial charge is 0.454 e. The predicted octanol–water partition coefficient (Wildman–Crippen LogP) is 19.1. The van der Waals surface area contributed by atoms with E-state index in [1.807, 2.05) is 6.08 Å². The van der Waals surface area contributed by atoms with Crippen LogP contribution in [0.4, 0.5) is 0 Å². The van der Waals surface area contributed by atoms with Crippen molar-refractivity contribution in [2.45, 2.75) is 384 Å². The zero-order valence-corrected chi connectivity index (χ0v) is 56.4. The normalized spacial score (nSPS) is 18.6. The maximum Gasteiger partial charge on any atom is 0.306 e. The van der Waals surface area contributed by atoms with Gasteiger partial charge in [-0.25, -0.2) is 0 Å². The number of unbranched alkanes of at least 4 members (excludes halogenated alkanes) is 39. The van der Waals surface area contributed by atoms with Crippen molar-refractivity contribution in [2.24, 2.45) is 0 Å². The standard InChI is InChI=1S/C76H137NO10/c1-4-7-10-13-16-19-22-25-27-29-31-33-34-35-36-37-39-41-43-46-49-52-55-58-61-64-71(81)87-74-73(83)72(82)70(65-78)86-76(74)85-66-67(68(79)62-59-56-53-50-47-44-24-21-18-15-12-9-6-3)77-75(84)69(80)63-60-57-54-51-48-45-42-40-38-32-30-28-26-23-20-17-14-11-8-5-2/h16-17,19-20,25-28,31,33,59,62,67-70,72-74,76,78-80,82-83H,4-15,18,21-24,29-30,32,34-58,60-61,63-66H2,1-3H3,(H,77,84)/b19-16-,20-17-,27-25-,28-26-,33-31-,62-59+. The average molecular weight is 1220 g/mol. The highest BCUT2D eigenvalue weighted by molar-refractivity contribution is 5.80. The molecule has 6 N–H and O–H groups in total. The molecular formula is C76H137NO10. The summed E-state index contributed by atoms with van der Waals surface area (Å²) in [4.78, 5) is 26.7. The van der Waals surface area contributed by atoms with Gasteiger partial charge in [0.15, 0.2) is 12.4 Å². The minimum Gasteiger partial charge on any atom is -0.454 e. The van der Waals surface area contributed by atoms with Crippen molar-refractivity contribution in [1.82, 2.24) is 5.32 Å². The van der Waals surface area contributed by atoms with E-state index in [2.05, 4.69) is 86.8 Å². The van der Waals surface area contributed by atoms with E-state index in [-0.39, 0.29) is 19.4 Å². The number of amides is 1. The van der Waals surface area contributed by atoms with Crippen molar-refractivity contribution >= 4 is 11.9 Å². The van der Waals surface area contributed by atoms with Gasteiger partial charge in [-0.15, -0.1) is 0 Å². The van der Waals surface area contributed by atoms with Crippen molar-refractivity contribution in [1.29, 1.82) is 0 Å². The molecule has 1 aliphatic rings. The second kappa shape index (κ2) is 63.3. The summed E-state index contributed by atoms with van der Waals surface area (Å²) < 4.78 is 17.7. The van der Waals surface area contributed by atoms with Crippen molar-refractivity contribution in [2.75, 3.05) is 13.2 Å². The van der Waals surface area contributed by atoms with E-state index >= 15 is 0 Å². The number of hydrogen-bond acceptors (Lipinski definition) is 10. The van der Waals surface area contributed by atoms with E-state index in [9.17, 15) is 35.1 Å². The molecule has 1 saturated heterocycles. The first kappa shape index (κ1) is 82.1. The third-order valence-corrected chi connectivity index (χ3v) is 17.1. The highest BCUT2D eigenvalue weighted by atomic mass is 16.7. The Hall–Kier alpha value is -2.90.